The number of hydrogen-bond acceptors (Lipinski definition) is 2. The molecule has 184 valence electrons. The van der Waals surface area contributed by atoms with Crippen LogP contribution in [0.2, 0.25) is 0 Å². The van der Waals surface area contributed by atoms with E-state index in [-0.39, 0.29) is 6.71 Å². The molecule has 3 heteroatoms. The predicted molar refractivity (Wildman–Crippen MR) is 165 cm³/mol. The average Bonchev–Trinajstić information content (AvgIpc) is 2.97. The number of fused-ring (bicyclic) bond motifs is 5. The molecule has 0 N–H and O–H groups in total. The molecule has 0 bridgehead atoms. The quantitative estimate of drug-likeness (QED) is 0.228. The zero-order valence-corrected chi connectivity index (χ0v) is 22.0. The molecule has 2 aliphatic heterocycles. The van der Waals surface area contributed by atoms with Crippen LogP contribution in [0.3, 0.4) is 0 Å². The lowest BCUT2D eigenvalue weighted by molar-refractivity contribution is 0.488. The van der Waals surface area contributed by atoms with Gasteiger partial charge in [0.2, 0.25) is 0 Å². The fraction of sp³-hybridized carbons (Fsp3) is 0.0556. The van der Waals surface area contributed by atoms with Crippen molar-refractivity contribution >= 4 is 50.9 Å². The van der Waals surface area contributed by atoms with Crippen molar-refractivity contribution in [3.8, 4) is 22.6 Å². The number of benzene rings is 6. The van der Waals surface area contributed by atoms with Crippen molar-refractivity contribution < 1.29 is 4.74 Å². The lowest BCUT2D eigenvalue weighted by Gasteiger charge is -2.41. The summed E-state index contributed by atoms with van der Waals surface area (Å²) in [5, 5.41) is 2.47. The van der Waals surface area contributed by atoms with Crippen LogP contribution in [0.4, 0.5) is 17.1 Å². The Morgan fingerprint density at radius 3 is 2.28 bits per heavy atom. The number of nitrogens with zero attached hydrogens (tertiary/aromatic N) is 1. The molecule has 0 aromatic heterocycles. The Morgan fingerprint density at radius 2 is 1.38 bits per heavy atom. The highest BCUT2D eigenvalue weighted by molar-refractivity contribution is 6.99. The van der Waals surface area contributed by atoms with Gasteiger partial charge in [0.25, 0.3) is 6.71 Å². The highest BCUT2D eigenvalue weighted by Crippen LogP contribution is 2.45. The lowest BCUT2D eigenvalue weighted by Crippen LogP contribution is -2.60. The van der Waals surface area contributed by atoms with Gasteiger partial charge in [-0.25, -0.2) is 0 Å². The molecule has 0 amide bonds. The first-order valence-corrected chi connectivity index (χ1v) is 13.6. The molecule has 8 rings (SSSR count). The maximum Gasteiger partial charge on any atom is 0.256 e. The van der Waals surface area contributed by atoms with Gasteiger partial charge in [0, 0.05) is 22.6 Å². The van der Waals surface area contributed by atoms with Crippen LogP contribution in [0.25, 0.3) is 21.9 Å². The first-order chi connectivity index (χ1) is 19.2. The molecule has 0 unspecified atom stereocenters. The van der Waals surface area contributed by atoms with Crippen LogP contribution in [0, 0.1) is 13.8 Å². The first-order valence-electron chi connectivity index (χ1n) is 13.6. The Balaban J connectivity index is 1.49. The highest BCUT2D eigenvalue weighted by atomic mass is 16.5. The third kappa shape index (κ3) is 3.23. The van der Waals surface area contributed by atoms with Gasteiger partial charge in [0.05, 0.1) is 0 Å². The van der Waals surface area contributed by atoms with E-state index in [0.717, 1.165) is 22.7 Å². The van der Waals surface area contributed by atoms with Gasteiger partial charge in [-0.2, -0.15) is 0 Å². The number of para-hydroxylation sites is 2. The van der Waals surface area contributed by atoms with E-state index in [1.165, 1.54) is 55.2 Å². The smallest absolute Gasteiger partial charge is 0.256 e. The van der Waals surface area contributed by atoms with E-state index in [1.807, 2.05) is 0 Å². The van der Waals surface area contributed by atoms with Gasteiger partial charge < -0.3 is 9.64 Å². The first kappa shape index (κ1) is 22.2. The van der Waals surface area contributed by atoms with Crippen molar-refractivity contribution in [2.75, 3.05) is 4.90 Å². The van der Waals surface area contributed by atoms with Crippen molar-refractivity contribution in [1.29, 1.82) is 0 Å². The van der Waals surface area contributed by atoms with Crippen molar-refractivity contribution in [2.24, 2.45) is 0 Å². The van der Waals surface area contributed by atoms with Gasteiger partial charge in [-0.05, 0) is 88.5 Å². The number of hydrogen-bond donors (Lipinski definition) is 0. The molecule has 2 aliphatic rings. The van der Waals surface area contributed by atoms with Crippen molar-refractivity contribution in [3.05, 3.63) is 132 Å². The second-order valence-corrected chi connectivity index (χ2v) is 10.7. The molecule has 0 spiro atoms. The van der Waals surface area contributed by atoms with Crippen LogP contribution in [0.5, 0.6) is 11.5 Å². The van der Waals surface area contributed by atoms with Crippen LogP contribution >= 0.6 is 0 Å². The predicted octanol–water partition coefficient (Wildman–Crippen LogP) is 7.53. The molecule has 0 radical (unpaired) electrons. The molecule has 6 aromatic rings. The molecule has 0 aliphatic carbocycles. The van der Waals surface area contributed by atoms with Crippen LogP contribution < -0.4 is 26.0 Å². The molecule has 0 saturated carbocycles. The number of aryl methyl sites for hydroxylation is 2. The summed E-state index contributed by atoms with van der Waals surface area (Å²) in [6.45, 7) is 4.46. The summed E-state index contributed by atoms with van der Waals surface area (Å²) >= 11 is 0. The Bertz CT molecular complexity index is 1920. The van der Waals surface area contributed by atoms with Crippen molar-refractivity contribution in [2.45, 2.75) is 13.8 Å². The standard InChI is InChI=1S/C36H26BNO/c1-23-21-24(2)34-33(22-23)39-36-29(28-16-10-12-25-11-6-7-15-27(25)28)19-20-32-35(36)37(34)30-17-8-9-18-31(30)38(32)26-13-4-3-5-14-26/h3-22H,1-2H3. The molecule has 2 heterocycles. The molecule has 6 aromatic carbocycles. The summed E-state index contributed by atoms with van der Waals surface area (Å²) in [5.74, 6) is 1.92. The fourth-order valence-corrected chi connectivity index (χ4v) is 6.73. The third-order valence-electron chi connectivity index (χ3n) is 8.28. The van der Waals surface area contributed by atoms with E-state index >= 15 is 0 Å². The fourth-order valence-electron chi connectivity index (χ4n) is 6.73. The van der Waals surface area contributed by atoms with Crippen molar-refractivity contribution in [3.63, 3.8) is 0 Å². The van der Waals surface area contributed by atoms with Gasteiger partial charge in [-0.1, -0.05) is 90.5 Å². The molecule has 39 heavy (non-hydrogen) atoms. The molecule has 0 atom stereocenters. The van der Waals surface area contributed by atoms with Gasteiger partial charge in [-0.15, -0.1) is 0 Å². The normalized spacial score (nSPS) is 13.0. The Kier molecular flexibility index (Phi) is 4.78. The van der Waals surface area contributed by atoms with E-state index in [4.69, 9.17) is 4.74 Å². The minimum atomic E-state index is 0.0884. The maximum atomic E-state index is 6.99. The Labute approximate surface area is 229 Å². The summed E-state index contributed by atoms with van der Waals surface area (Å²) in [6.07, 6.45) is 0. The molecule has 2 nitrogen and oxygen atoms in total. The van der Waals surface area contributed by atoms with Gasteiger partial charge in [-0.3, -0.25) is 0 Å². The van der Waals surface area contributed by atoms with E-state index in [2.05, 4.69) is 140 Å². The molecule has 0 fully saturated rings. The lowest BCUT2D eigenvalue weighted by atomic mass is 9.33. The summed E-state index contributed by atoms with van der Waals surface area (Å²) < 4.78 is 6.99. The zero-order valence-electron chi connectivity index (χ0n) is 22.0. The van der Waals surface area contributed by atoms with E-state index in [9.17, 15) is 0 Å². The molecular formula is C36H26BNO. The van der Waals surface area contributed by atoms with Gasteiger partial charge in [0.1, 0.15) is 11.5 Å². The zero-order chi connectivity index (χ0) is 26.1. The molecule has 0 saturated heterocycles. The van der Waals surface area contributed by atoms with Gasteiger partial charge in [0.15, 0.2) is 0 Å². The third-order valence-corrected chi connectivity index (χ3v) is 8.28. The summed E-state index contributed by atoms with van der Waals surface area (Å²) in [7, 11) is 0. The number of ether oxygens (including phenoxy) is 1. The molecular weight excluding hydrogens is 473 g/mol. The van der Waals surface area contributed by atoms with Crippen LogP contribution in [-0.4, -0.2) is 6.71 Å². The van der Waals surface area contributed by atoms with Crippen molar-refractivity contribution in [1.82, 2.24) is 0 Å². The maximum absolute atomic E-state index is 6.99. The topological polar surface area (TPSA) is 12.5 Å². The average molecular weight is 499 g/mol. The van der Waals surface area contributed by atoms with Crippen LogP contribution in [0.1, 0.15) is 11.1 Å². The number of anilines is 3. The minimum Gasteiger partial charge on any atom is -0.458 e. The van der Waals surface area contributed by atoms with E-state index in [1.54, 1.807) is 0 Å². The summed E-state index contributed by atoms with van der Waals surface area (Å²) in [4.78, 5) is 2.40. The number of rotatable bonds is 2. The minimum absolute atomic E-state index is 0.0884. The summed E-state index contributed by atoms with van der Waals surface area (Å²) in [5.41, 5.74) is 12.2. The monoisotopic (exact) mass is 499 g/mol. The summed E-state index contributed by atoms with van der Waals surface area (Å²) in [6, 6.07) is 43.7. The second-order valence-electron chi connectivity index (χ2n) is 10.7. The SMILES string of the molecule is Cc1cc(C)c2c(c1)Oc1c(-c3cccc4ccccc34)ccc3c1B2c1ccccc1N3c1ccccc1. The van der Waals surface area contributed by atoms with Gasteiger partial charge >= 0.3 is 0 Å². The van der Waals surface area contributed by atoms with E-state index in [0.29, 0.717) is 0 Å². The second kappa shape index (κ2) is 8.37. The van der Waals surface area contributed by atoms with Crippen LogP contribution in [-0.2, 0) is 0 Å². The highest BCUT2D eigenvalue weighted by Gasteiger charge is 2.43. The Hall–Kier alpha value is -4.76. The largest absolute Gasteiger partial charge is 0.458 e. The Morgan fingerprint density at radius 1 is 0.615 bits per heavy atom. The van der Waals surface area contributed by atoms with Crippen LogP contribution in [0.15, 0.2) is 121 Å². The van der Waals surface area contributed by atoms with E-state index < -0.39 is 0 Å².